The highest BCUT2D eigenvalue weighted by molar-refractivity contribution is 5.94. The SMILES string of the molecule is COCCCC1CCCN(C(=O)c2ccc(-c3ccn[nH]3)cc2)C1. The average molecular weight is 327 g/mol. The van der Waals surface area contributed by atoms with Crippen LogP contribution in [-0.4, -0.2) is 47.8 Å². The van der Waals surface area contributed by atoms with E-state index in [0.717, 1.165) is 55.8 Å². The first-order valence-corrected chi connectivity index (χ1v) is 8.66. The lowest BCUT2D eigenvalue weighted by Crippen LogP contribution is -2.40. The standard InChI is InChI=1S/C19H25N3O2/c1-24-13-3-5-15-4-2-12-22(14-15)19(23)17-8-6-16(7-9-17)18-10-11-20-21-18/h6-11,15H,2-5,12-14H2,1H3,(H,20,21). The molecule has 1 fully saturated rings. The molecule has 0 saturated carbocycles. The van der Waals surface area contributed by atoms with Crippen LogP contribution in [0.1, 0.15) is 36.0 Å². The molecule has 1 aliphatic rings. The van der Waals surface area contributed by atoms with Crippen molar-refractivity contribution in [2.45, 2.75) is 25.7 Å². The van der Waals surface area contributed by atoms with Crippen molar-refractivity contribution in [3.05, 3.63) is 42.1 Å². The van der Waals surface area contributed by atoms with Gasteiger partial charge < -0.3 is 9.64 Å². The van der Waals surface area contributed by atoms with E-state index >= 15 is 0 Å². The molecule has 0 radical (unpaired) electrons. The second-order valence-corrected chi connectivity index (χ2v) is 6.44. The van der Waals surface area contributed by atoms with Crippen LogP contribution in [0.3, 0.4) is 0 Å². The fourth-order valence-electron chi connectivity index (χ4n) is 3.39. The number of aromatic amines is 1. The molecule has 2 aromatic rings. The predicted molar refractivity (Wildman–Crippen MR) is 93.8 cm³/mol. The minimum atomic E-state index is 0.141. The minimum Gasteiger partial charge on any atom is -0.385 e. The van der Waals surface area contributed by atoms with E-state index in [1.807, 2.05) is 35.2 Å². The Morgan fingerprint density at radius 2 is 2.17 bits per heavy atom. The number of hydrogen-bond acceptors (Lipinski definition) is 3. The highest BCUT2D eigenvalue weighted by atomic mass is 16.5. The number of ether oxygens (including phenoxy) is 1. The van der Waals surface area contributed by atoms with Crippen molar-refractivity contribution in [2.24, 2.45) is 5.92 Å². The summed E-state index contributed by atoms with van der Waals surface area (Å²) >= 11 is 0. The Hall–Kier alpha value is -2.14. The summed E-state index contributed by atoms with van der Waals surface area (Å²) in [6, 6.07) is 9.69. The number of piperidine rings is 1. The van der Waals surface area contributed by atoms with Gasteiger partial charge in [-0.15, -0.1) is 0 Å². The number of amides is 1. The summed E-state index contributed by atoms with van der Waals surface area (Å²) in [4.78, 5) is 14.8. The molecule has 5 nitrogen and oxygen atoms in total. The Bertz CT molecular complexity index is 637. The summed E-state index contributed by atoms with van der Waals surface area (Å²) in [5.74, 6) is 0.740. The van der Waals surface area contributed by atoms with Crippen LogP contribution < -0.4 is 0 Å². The second kappa shape index (κ2) is 8.11. The molecule has 5 heteroatoms. The van der Waals surface area contributed by atoms with Crippen LogP contribution in [0.2, 0.25) is 0 Å². The minimum absolute atomic E-state index is 0.141. The Labute approximate surface area is 143 Å². The van der Waals surface area contributed by atoms with Crippen molar-refractivity contribution >= 4 is 5.91 Å². The van der Waals surface area contributed by atoms with Crippen molar-refractivity contribution in [1.29, 1.82) is 0 Å². The molecular weight excluding hydrogens is 302 g/mol. The third-order valence-electron chi connectivity index (χ3n) is 4.71. The van der Waals surface area contributed by atoms with Crippen LogP contribution >= 0.6 is 0 Å². The zero-order valence-electron chi connectivity index (χ0n) is 14.2. The summed E-state index contributed by atoms with van der Waals surface area (Å²) < 4.78 is 5.13. The third-order valence-corrected chi connectivity index (χ3v) is 4.71. The largest absolute Gasteiger partial charge is 0.385 e. The van der Waals surface area contributed by atoms with Gasteiger partial charge in [-0.05, 0) is 55.4 Å². The Morgan fingerprint density at radius 1 is 1.33 bits per heavy atom. The van der Waals surface area contributed by atoms with E-state index in [9.17, 15) is 4.79 Å². The van der Waals surface area contributed by atoms with E-state index in [1.165, 1.54) is 6.42 Å². The summed E-state index contributed by atoms with van der Waals surface area (Å²) in [5.41, 5.74) is 2.76. The molecule has 0 aliphatic carbocycles. The maximum Gasteiger partial charge on any atom is 0.253 e. The van der Waals surface area contributed by atoms with Gasteiger partial charge in [0.15, 0.2) is 0 Å². The number of rotatable bonds is 6. The van der Waals surface area contributed by atoms with Crippen LogP contribution in [0.5, 0.6) is 0 Å². The molecule has 1 aliphatic heterocycles. The van der Waals surface area contributed by atoms with Crippen LogP contribution in [-0.2, 0) is 4.74 Å². The van der Waals surface area contributed by atoms with E-state index < -0.39 is 0 Å². The molecule has 0 spiro atoms. The summed E-state index contributed by atoms with van der Waals surface area (Å²) in [6.45, 7) is 2.53. The van der Waals surface area contributed by atoms with Gasteiger partial charge in [0.1, 0.15) is 0 Å². The van der Waals surface area contributed by atoms with Gasteiger partial charge in [0.05, 0.1) is 5.69 Å². The van der Waals surface area contributed by atoms with Gasteiger partial charge in [0, 0.05) is 38.6 Å². The molecule has 128 valence electrons. The molecule has 2 heterocycles. The van der Waals surface area contributed by atoms with Gasteiger partial charge in [-0.25, -0.2) is 0 Å². The summed E-state index contributed by atoms with van der Waals surface area (Å²) in [7, 11) is 1.74. The molecule has 1 N–H and O–H groups in total. The lowest BCUT2D eigenvalue weighted by atomic mass is 9.93. The molecule has 3 rings (SSSR count). The van der Waals surface area contributed by atoms with Crippen LogP contribution in [0.4, 0.5) is 0 Å². The molecule has 0 bridgehead atoms. The number of H-pyrrole nitrogens is 1. The van der Waals surface area contributed by atoms with Crippen LogP contribution in [0, 0.1) is 5.92 Å². The summed E-state index contributed by atoms with van der Waals surface area (Å²) in [5, 5.41) is 6.90. The number of carbonyl (C=O) groups excluding carboxylic acids is 1. The van der Waals surface area contributed by atoms with Crippen molar-refractivity contribution in [2.75, 3.05) is 26.8 Å². The van der Waals surface area contributed by atoms with Gasteiger partial charge in [-0.3, -0.25) is 9.89 Å². The molecule has 1 saturated heterocycles. The van der Waals surface area contributed by atoms with Gasteiger partial charge >= 0.3 is 0 Å². The van der Waals surface area contributed by atoms with Gasteiger partial charge in [-0.1, -0.05) is 12.1 Å². The Morgan fingerprint density at radius 3 is 2.88 bits per heavy atom. The smallest absolute Gasteiger partial charge is 0.253 e. The van der Waals surface area contributed by atoms with E-state index in [0.29, 0.717) is 5.92 Å². The number of nitrogens with zero attached hydrogens (tertiary/aromatic N) is 2. The van der Waals surface area contributed by atoms with Crippen LogP contribution in [0.15, 0.2) is 36.5 Å². The zero-order chi connectivity index (χ0) is 16.8. The molecule has 1 atom stereocenters. The number of aromatic nitrogens is 2. The molecular formula is C19H25N3O2. The fraction of sp³-hybridized carbons (Fsp3) is 0.474. The first kappa shape index (κ1) is 16.7. The topological polar surface area (TPSA) is 58.2 Å². The van der Waals surface area contributed by atoms with E-state index in [2.05, 4.69) is 10.2 Å². The van der Waals surface area contributed by atoms with Crippen molar-refractivity contribution < 1.29 is 9.53 Å². The third kappa shape index (κ3) is 4.03. The number of carbonyl (C=O) groups is 1. The van der Waals surface area contributed by atoms with E-state index in [1.54, 1.807) is 13.3 Å². The lowest BCUT2D eigenvalue weighted by molar-refractivity contribution is 0.0660. The van der Waals surface area contributed by atoms with E-state index in [4.69, 9.17) is 4.74 Å². The predicted octanol–water partition coefficient (Wildman–Crippen LogP) is 3.36. The van der Waals surface area contributed by atoms with Gasteiger partial charge in [0.2, 0.25) is 0 Å². The molecule has 24 heavy (non-hydrogen) atoms. The van der Waals surface area contributed by atoms with Crippen LogP contribution in [0.25, 0.3) is 11.3 Å². The quantitative estimate of drug-likeness (QED) is 0.828. The molecule has 1 amide bonds. The first-order valence-electron chi connectivity index (χ1n) is 8.66. The molecule has 1 aromatic carbocycles. The number of methoxy groups -OCH3 is 1. The van der Waals surface area contributed by atoms with Gasteiger partial charge in [-0.2, -0.15) is 5.10 Å². The number of nitrogens with one attached hydrogen (secondary N) is 1. The highest BCUT2D eigenvalue weighted by Crippen LogP contribution is 2.23. The monoisotopic (exact) mass is 327 g/mol. The van der Waals surface area contributed by atoms with Gasteiger partial charge in [0.25, 0.3) is 5.91 Å². The number of likely N-dealkylation sites (tertiary alicyclic amines) is 1. The average Bonchev–Trinajstić information content (AvgIpc) is 3.16. The van der Waals surface area contributed by atoms with Crippen molar-refractivity contribution in [3.63, 3.8) is 0 Å². The number of hydrogen-bond donors (Lipinski definition) is 1. The number of benzene rings is 1. The van der Waals surface area contributed by atoms with Crippen molar-refractivity contribution in [3.8, 4) is 11.3 Å². The van der Waals surface area contributed by atoms with Crippen molar-refractivity contribution in [1.82, 2.24) is 15.1 Å². The fourth-order valence-corrected chi connectivity index (χ4v) is 3.39. The zero-order valence-corrected chi connectivity index (χ0v) is 14.2. The lowest BCUT2D eigenvalue weighted by Gasteiger charge is -2.33. The maximum absolute atomic E-state index is 12.8. The first-order chi connectivity index (χ1) is 11.8. The summed E-state index contributed by atoms with van der Waals surface area (Å²) in [6.07, 6.45) is 6.24. The Balaban J connectivity index is 1.61. The molecule has 1 unspecified atom stereocenters. The molecule has 1 aromatic heterocycles. The maximum atomic E-state index is 12.8. The second-order valence-electron chi connectivity index (χ2n) is 6.44. The Kier molecular flexibility index (Phi) is 5.64. The normalized spacial score (nSPS) is 17.9. The highest BCUT2D eigenvalue weighted by Gasteiger charge is 2.24. The van der Waals surface area contributed by atoms with E-state index in [-0.39, 0.29) is 5.91 Å².